The number of benzene rings is 1. The third-order valence-corrected chi connectivity index (χ3v) is 4.42. The Morgan fingerprint density at radius 1 is 0.931 bits per heavy atom. The minimum Gasteiger partial charge on any atom is -0.496 e. The number of esters is 2. The SMILES string of the molecule is COc1cc(OC(C)=O)c2c(c1C(C)=O)OCCCC/C=C/CCCCOC2=O. The highest BCUT2D eigenvalue weighted by Gasteiger charge is 2.30. The van der Waals surface area contributed by atoms with Crippen LogP contribution in [0.5, 0.6) is 17.2 Å². The summed E-state index contributed by atoms with van der Waals surface area (Å²) in [6, 6.07) is 1.35. The van der Waals surface area contributed by atoms with E-state index >= 15 is 0 Å². The number of Topliss-reactive ketones (excluding diaryl/α,β-unsaturated/α-hetero) is 1. The van der Waals surface area contributed by atoms with E-state index in [1.165, 1.54) is 27.0 Å². The highest BCUT2D eigenvalue weighted by Crippen LogP contribution is 2.40. The van der Waals surface area contributed by atoms with Crippen molar-refractivity contribution in [3.63, 3.8) is 0 Å². The molecule has 1 aliphatic rings. The Hall–Kier alpha value is -2.83. The topological polar surface area (TPSA) is 88.1 Å². The largest absolute Gasteiger partial charge is 0.496 e. The Bertz CT molecular complexity index is 780. The Morgan fingerprint density at radius 3 is 2.10 bits per heavy atom. The number of fused-ring (bicyclic) bond motifs is 1. The summed E-state index contributed by atoms with van der Waals surface area (Å²) in [6.45, 7) is 3.09. The molecule has 1 aromatic carbocycles. The first-order valence-corrected chi connectivity index (χ1v) is 9.85. The summed E-state index contributed by atoms with van der Waals surface area (Å²) in [5.41, 5.74) is 0.0544. The zero-order valence-electron chi connectivity index (χ0n) is 17.2. The van der Waals surface area contributed by atoms with Crippen LogP contribution in [-0.2, 0) is 9.53 Å². The number of carbonyl (C=O) groups excluding carboxylic acids is 3. The van der Waals surface area contributed by atoms with Gasteiger partial charge in [0.1, 0.15) is 16.9 Å². The van der Waals surface area contributed by atoms with Crippen LogP contribution in [0.15, 0.2) is 18.2 Å². The molecule has 158 valence electrons. The summed E-state index contributed by atoms with van der Waals surface area (Å²) < 4.78 is 21.8. The van der Waals surface area contributed by atoms with Crippen molar-refractivity contribution in [1.82, 2.24) is 0 Å². The Labute approximate surface area is 171 Å². The lowest BCUT2D eigenvalue weighted by atomic mass is 10.0. The Kier molecular flexibility index (Phi) is 8.70. The predicted molar refractivity (Wildman–Crippen MR) is 107 cm³/mol. The zero-order chi connectivity index (χ0) is 21.2. The summed E-state index contributed by atoms with van der Waals surface area (Å²) in [5, 5.41) is 0. The van der Waals surface area contributed by atoms with Crippen LogP contribution in [0.3, 0.4) is 0 Å². The number of ketones is 1. The van der Waals surface area contributed by atoms with E-state index < -0.39 is 11.9 Å². The van der Waals surface area contributed by atoms with Gasteiger partial charge in [0.2, 0.25) is 0 Å². The van der Waals surface area contributed by atoms with Gasteiger partial charge in [-0.15, -0.1) is 0 Å². The zero-order valence-corrected chi connectivity index (χ0v) is 17.2. The molecule has 0 radical (unpaired) electrons. The van der Waals surface area contributed by atoms with Gasteiger partial charge in [0.05, 0.1) is 20.3 Å². The lowest BCUT2D eigenvalue weighted by Crippen LogP contribution is -2.16. The Balaban J connectivity index is 2.54. The van der Waals surface area contributed by atoms with Crippen LogP contribution >= 0.6 is 0 Å². The van der Waals surface area contributed by atoms with Gasteiger partial charge in [0.15, 0.2) is 17.3 Å². The quantitative estimate of drug-likeness (QED) is 0.322. The lowest BCUT2D eigenvalue weighted by molar-refractivity contribution is -0.131. The van der Waals surface area contributed by atoms with Gasteiger partial charge < -0.3 is 18.9 Å². The Morgan fingerprint density at radius 2 is 1.55 bits per heavy atom. The minimum atomic E-state index is -0.702. The summed E-state index contributed by atoms with van der Waals surface area (Å²) in [7, 11) is 1.39. The molecule has 0 aliphatic carbocycles. The number of rotatable bonds is 3. The van der Waals surface area contributed by atoms with Crippen molar-refractivity contribution in [2.45, 2.75) is 52.4 Å². The van der Waals surface area contributed by atoms with Crippen molar-refractivity contribution in [2.75, 3.05) is 20.3 Å². The van der Waals surface area contributed by atoms with Gasteiger partial charge in [-0.25, -0.2) is 4.79 Å². The summed E-state index contributed by atoms with van der Waals surface area (Å²) in [5.74, 6) is -1.50. The molecule has 29 heavy (non-hydrogen) atoms. The number of hydrogen-bond donors (Lipinski definition) is 0. The average molecular weight is 404 g/mol. The molecule has 1 aromatic rings. The maximum atomic E-state index is 12.9. The lowest BCUT2D eigenvalue weighted by Gasteiger charge is -2.19. The van der Waals surface area contributed by atoms with Gasteiger partial charge in [-0.3, -0.25) is 9.59 Å². The molecule has 0 saturated carbocycles. The third-order valence-electron chi connectivity index (χ3n) is 4.42. The van der Waals surface area contributed by atoms with Crippen molar-refractivity contribution in [1.29, 1.82) is 0 Å². The number of ether oxygens (including phenoxy) is 4. The summed E-state index contributed by atoms with van der Waals surface area (Å²) >= 11 is 0. The second-order valence-corrected chi connectivity index (χ2v) is 6.75. The van der Waals surface area contributed by atoms with Crippen molar-refractivity contribution in [3.8, 4) is 17.2 Å². The number of hydrogen-bond acceptors (Lipinski definition) is 7. The monoisotopic (exact) mass is 404 g/mol. The van der Waals surface area contributed by atoms with E-state index in [1.54, 1.807) is 0 Å². The van der Waals surface area contributed by atoms with Crippen LogP contribution in [-0.4, -0.2) is 38.0 Å². The maximum absolute atomic E-state index is 12.9. The first-order valence-electron chi connectivity index (χ1n) is 9.85. The average Bonchev–Trinajstić information content (AvgIpc) is 2.67. The van der Waals surface area contributed by atoms with E-state index in [1.807, 2.05) is 0 Å². The number of allylic oxidation sites excluding steroid dienone is 2. The van der Waals surface area contributed by atoms with E-state index in [0.29, 0.717) is 13.0 Å². The first-order chi connectivity index (χ1) is 14.0. The fourth-order valence-electron chi connectivity index (χ4n) is 3.05. The van der Waals surface area contributed by atoms with Gasteiger partial charge in [0.25, 0.3) is 0 Å². The van der Waals surface area contributed by atoms with Crippen LogP contribution in [0.1, 0.15) is 73.1 Å². The number of methoxy groups -OCH3 is 1. The third kappa shape index (κ3) is 6.34. The van der Waals surface area contributed by atoms with E-state index in [4.69, 9.17) is 18.9 Å². The molecule has 0 N–H and O–H groups in total. The summed E-state index contributed by atoms with van der Waals surface area (Å²) in [6.07, 6.45) is 9.37. The molecule has 0 atom stereocenters. The van der Waals surface area contributed by atoms with Crippen molar-refractivity contribution in [2.24, 2.45) is 0 Å². The first kappa shape index (κ1) is 22.5. The summed E-state index contributed by atoms with van der Waals surface area (Å²) in [4.78, 5) is 36.8. The molecule has 0 aromatic heterocycles. The molecule has 0 bridgehead atoms. The smallest absolute Gasteiger partial charge is 0.345 e. The van der Waals surface area contributed by atoms with E-state index in [9.17, 15) is 14.4 Å². The van der Waals surface area contributed by atoms with Crippen LogP contribution in [0.4, 0.5) is 0 Å². The number of carbonyl (C=O) groups is 3. The van der Waals surface area contributed by atoms with Gasteiger partial charge >= 0.3 is 11.9 Å². The molecule has 0 fully saturated rings. The van der Waals surface area contributed by atoms with Gasteiger partial charge in [0, 0.05) is 13.0 Å². The van der Waals surface area contributed by atoms with E-state index in [-0.39, 0.29) is 40.8 Å². The molecule has 0 spiro atoms. The molecule has 1 heterocycles. The normalized spacial score (nSPS) is 16.9. The molecular weight excluding hydrogens is 376 g/mol. The maximum Gasteiger partial charge on any atom is 0.345 e. The fraction of sp³-hybridized carbons (Fsp3) is 0.500. The standard InChI is InChI=1S/C22H28O7/c1-15(23)19-17(26-3)14-18(29-16(2)24)20-21(19)27-12-10-8-6-4-5-7-9-11-13-28-22(20)25/h4-5,14H,6-13H2,1-3H3/b5-4+. The van der Waals surface area contributed by atoms with E-state index in [2.05, 4.69) is 12.2 Å². The van der Waals surface area contributed by atoms with Crippen LogP contribution in [0, 0.1) is 0 Å². The molecule has 0 amide bonds. The van der Waals surface area contributed by atoms with Crippen LogP contribution in [0.25, 0.3) is 0 Å². The van der Waals surface area contributed by atoms with Crippen LogP contribution < -0.4 is 14.2 Å². The van der Waals surface area contributed by atoms with Crippen molar-refractivity contribution >= 4 is 17.7 Å². The van der Waals surface area contributed by atoms with Crippen molar-refractivity contribution in [3.05, 3.63) is 29.3 Å². The predicted octanol–water partition coefficient (Wildman–Crippen LogP) is 4.27. The molecule has 7 heteroatoms. The second kappa shape index (κ2) is 11.2. The van der Waals surface area contributed by atoms with Crippen molar-refractivity contribution < 1.29 is 33.3 Å². The molecule has 2 rings (SSSR count). The van der Waals surface area contributed by atoms with Gasteiger partial charge in [-0.05, 0) is 45.4 Å². The van der Waals surface area contributed by atoms with E-state index in [0.717, 1.165) is 32.1 Å². The molecule has 0 saturated heterocycles. The molecule has 7 nitrogen and oxygen atoms in total. The highest BCUT2D eigenvalue weighted by molar-refractivity contribution is 6.06. The highest BCUT2D eigenvalue weighted by atomic mass is 16.6. The molecular formula is C22H28O7. The molecule has 1 aliphatic heterocycles. The van der Waals surface area contributed by atoms with Crippen LogP contribution in [0.2, 0.25) is 0 Å². The number of cyclic esters (lactones) is 1. The minimum absolute atomic E-state index is 0.0310. The molecule has 0 unspecified atom stereocenters. The fourth-order valence-corrected chi connectivity index (χ4v) is 3.05. The van der Waals surface area contributed by atoms with Gasteiger partial charge in [-0.2, -0.15) is 0 Å². The van der Waals surface area contributed by atoms with Gasteiger partial charge in [-0.1, -0.05) is 12.2 Å². The second-order valence-electron chi connectivity index (χ2n) is 6.75.